The van der Waals surface area contributed by atoms with Crippen molar-refractivity contribution < 1.29 is 4.79 Å². The Hall–Kier alpha value is -1.31. The second-order valence-electron chi connectivity index (χ2n) is 4.99. The van der Waals surface area contributed by atoms with Crippen molar-refractivity contribution in [2.75, 3.05) is 13.6 Å². The average molecular weight is 201 g/mol. The van der Waals surface area contributed by atoms with Crippen LogP contribution >= 0.6 is 0 Å². The monoisotopic (exact) mass is 201 g/mol. The molecule has 1 aliphatic heterocycles. The minimum absolute atomic E-state index is 0.183. The molecule has 0 unspecified atom stereocenters. The summed E-state index contributed by atoms with van der Waals surface area (Å²) in [6, 6.07) is 6.22. The van der Waals surface area contributed by atoms with Gasteiger partial charge in [0.2, 0.25) is 0 Å². The predicted octanol–water partition coefficient (Wildman–Crippen LogP) is 2.11. The summed E-state index contributed by atoms with van der Waals surface area (Å²) < 4.78 is 0. The van der Waals surface area contributed by atoms with E-state index >= 15 is 0 Å². The first-order chi connectivity index (χ1) is 7.12. The minimum atomic E-state index is 0.183. The van der Waals surface area contributed by atoms with Gasteiger partial charge >= 0.3 is 0 Å². The quantitative estimate of drug-likeness (QED) is 0.629. The number of nitrogens with zero attached hydrogens (tertiary/aromatic N) is 1. The van der Waals surface area contributed by atoms with E-state index < -0.39 is 0 Å². The molecule has 0 atom stereocenters. The van der Waals surface area contributed by atoms with Gasteiger partial charge in [0.25, 0.3) is 5.91 Å². The Kier molecular flexibility index (Phi) is 1.57. The largest absolute Gasteiger partial charge is 0.341 e. The zero-order valence-electron chi connectivity index (χ0n) is 9.21. The first-order valence-corrected chi connectivity index (χ1v) is 5.49. The lowest BCUT2D eigenvalue weighted by molar-refractivity contribution is 0.0758. The number of hydrogen-bond acceptors (Lipinski definition) is 1. The number of aryl methyl sites for hydroxylation is 1. The van der Waals surface area contributed by atoms with Gasteiger partial charge in [0.15, 0.2) is 0 Å². The van der Waals surface area contributed by atoms with Crippen molar-refractivity contribution in [2.24, 2.45) is 0 Å². The van der Waals surface area contributed by atoms with Crippen LogP contribution < -0.4 is 0 Å². The summed E-state index contributed by atoms with van der Waals surface area (Å²) >= 11 is 0. The lowest BCUT2D eigenvalue weighted by Gasteiger charge is -2.32. The summed E-state index contributed by atoms with van der Waals surface area (Å²) in [4.78, 5) is 13.8. The molecule has 0 aromatic heterocycles. The maximum Gasteiger partial charge on any atom is 0.253 e. The Morgan fingerprint density at radius 2 is 2.07 bits per heavy atom. The van der Waals surface area contributed by atoms with Crippen LogP contribution in [0.5, 0.6) is 0 Å². The van der Waals surface area contributed by atoms with Crippen LogP contribution in [-0.2, 0) is 5.41 Å². The molecular formula is C13H15NO. The maximum absolute atomic E-state index is 12.0. The molecule has 1 heterocycles. The van der Waals surface area contributed by atoms with Crippen molar-refractivity contribution in [3.05, 3.63) is 34.9 Å². The zero-order valence-corrected chi connectivity index (χ0v) is 9.21. The van der Waals surface area contributed by atoms with Crippen LogP contribution in [0, 0.1) is 6.92 Å². The summed E-state index contributed by atoms with van der Waals surface area (Å²) in [7, 11) is 1.91. The molecule has 1 spiro atoms. The number of hydrogen-bond donors (Lipinski definition) is 0. The predicted molar refractivity (Wildman–Crippen MR) is 59.1 cm³/mol. The van der Waals surface area contributed by atoms with E-state index in [1.807, 2.05) is 24.1 Å². The Bertz CT molecular complexity index is 446. The van der Waals surface area contributed by atoms with Crippen molar-refractivity contribution in [1.82, 2.24) is 4.90 Å². The van der Waals surface area contributed by atoms with E-state index in [-0.39, 0.29) is 5.91 Å². The molecule has 0 radical (unpaired) electrons. The Balaban J connectivity index is 2.21. The molecule has 1 fully saturated rings. The lowest BCUT2D eigenvalue weighted by Crippen LogP contribution is -2.40. The van der Waals surface area contributed by atoms with Gasteiger partial charge in [-0.05, 0) is 31.4 Å². The number of carbonyl (C=O) groups excluding carboxylic acids is 1. The summed E-state index contributed by atoms with van der Waals surface area (Å²) in [5.74, 6) is 0.183. The standard InChI is InChI=1S/C13H15NO/c1-9-3-4-10-11(7-9)13(5-6-13)8-14(2)12(10)15/h3-4,7H,5-6,8H2,1-2H3. The summed E-state index contributed by atoms with van der Waals surface area (Å²) in [5.41, 5.74) is 3.79. The number of carbonyl (C=O) groups is 1. The van der Waals surface area contributed by atoms with Crippen LogP contribution in [0.1, 0.15) is 34.3 Å². The molecule has 78 valence electrons. The van der Waals surface area contributed by atoms with Crippen molar-refractivity contribution in [3.8, 4) is 0 Å². The highest BCUT2D eigenvalue weighted by molar-refractivity contribution is 5.97. The number of likely N-dealkylation sites (N-methyl/N-ethyl adjacent to an activating group) is 1. The second kappa shape index (κ2) is 2.63. The second-order valence-corrected chi connectivity index (χ2v) is 4.99. The third-order valence-electron chi connectivity index (χ3n) is 3.72. The van der Waals surface area contributed by atoms with Gasteiger partial charge in [-0.3, -0.25) is 4.79 Å². The molecule has 0 saturated heterocycles. The van der Waals surface area contributed by atoms with Gasteiger partial charge < -0.3 is 4.90 Å². The Morgan fingerprint density at radius 3 is 2.73 bits per heavy atom. The summed E-state index contributed by atoms with van der Waals surface area (Å²) in [6.45, 7) is 3.00. The highest BCUT2D eigenvalue weighted by Gasteiger charge is 2.50. The van der Waals surface area contributed by atoms with Gasteiger partial charge in [-0.15, -0.1) is 0 Å². The minimum Gasteiger partial charge on any atom is -0.341 e. The smallest absolute Gasteiger partial charge is 0.253 e. The van der Waals surface area contributed by atoms with E-state index in [0.29, 0.717) is 5.41 Å². The topological polar surface area (TPSA) is 20.3 Å². The zero-order chi connectivity index (χ0) is 10.6. The summed E-state index contributed by atoms with van der Waals surface area (Å²) in [6.07, 6.45) is 2.47. The molecule has 1 aliphatic carbocycles. The van der Waals surface area contributed by atoms with Crippen LogP contribution in [0.15, 0.2) is 18.2 Å². The number of amides is 1. The molecule has 3 rings (SSSR count). The van der Waals surface area contributed by atoms with Gasteiger partial charge in [-0.1, -0.05) is 17.7 Å². The fourth-order valence-corrected chi connectivity index (χ4v) is 2.68. The third-order valence-corrected chi connectivity index (χ3v) is 3.72. The molecule has 2 nitrogen and oxygen atoms in total. The molecule has 2 heteroatoms. The molecule has 15 heavy (non-hydrogen) atoms. The Morgan fingerprint density at radius 1 is 1.33 bits per heavy atom. The van der Waals surface area contributed by atoms with E-state index in [1.54, 1.807) is 0 Å². The molecule has 0 bridgehead atoms. The van der Waals surface area contributed by atoms with Crippen LogP contribution in [0.25, 0.3) is 0 Å². The van der Waals surface area contributed by atoms with E-state index in [1.165, 1.54) is 24.0 Å². The van der Waals surface area contributed by atoms with Crippen LogP contribution in [-0.4, -0.2) is 24.4 Å². The molecule has 1 aromatic carbocycles. The fourth-order valence-electron chi connectivity index (χ4n) is 2.68. The van der Waals surface area contributed by atoms with Crippen LogP contribution in [0.3, 0.4) is 0 Å². The van der Waals surface area contributed by atoms with Crippen LogP contribution in [0.4, 0.5) is 0 Å². The van der Waals surface area contributed by atoms with Crippen molar-refractivity contribution in [2.45, 2.75) is 25.2 Å². The highest BCUT2D eigenvalue weighted by atomic mass is 16.2. The highest BCUT2D eigenvalue weighted by Crippen LogP contribution is 2.52. The first-order valence-electron chi connectivity index (χ1n) is 5.49. The number of rotatable bonds is 0. The molecular weight excluding hydrogens is 186 g/mol. The molecule has 0 N–H and O–H groups in total. The SMILES string of the molecule is Cc1ccc2c(c1)C1(CC1)CN(C)C2=O. The van der Waals surface area contributed by atoms with Gasteiger partial charge in [0, 0.05) is 24.6 Å². The van der Waals surface area contributed by atoms with E-state index in [2.05, 4.69) is 13.0 Å². The molecule has 1 aromatic rings. The van der Waals surface area contributed by atoms with E-state index in [9.17, 15) is 4.79 Å². The van der Waals surface area contributed by atoms with Gasteiger partial charge in [-0.2, -0.15) is 0 Å². The lowest BCUT2D eigenvalue weighted by atomic mass is 9.86. The Labute approximate surface area is 89.9 Å². The van der Waals surface area contributed by atoms with Gasteiger partial charge in [0.05, 0.1) is 0 Å². The van der Waals surface area contributed by atoms with Gasteiger partial charge in [0.1, 0.15) is 0 Å². The first kappa shape index (κ1) is 8.96. The molecule has 1 amide bonds. The van der Waals surface area contributed by atoms with E-state index in [4.69, 9.17) is 0 Å². The van der Waals surface area contributed by atoms with Crippen molar-refractivity contribution in [3.63, 3.8) is 0 Å². The van der Waals surface area contributed by atoms with Crippen molar-refractivity contribution in [1.29, 1.82) is 0 Å². The maximum atomic E-state index is 12.0. The molecule has 1 saturated carbocycles. The average Bonchev–Trinajstić information content (AvgIpc) is 2.96. The number of benzene rings is 1. The van der Waals surface area contributed by atoms with Crippen LogP contribution in [0.2, 0.25) is 0 Å². The van der Waals surface area contributed by atoms with Crippen molar-refractivity contribution >= 4 is 5.91 Å². The summed E-state index contributed by atoms with van der Waals surface area (Å²) in [5, 5.41) is 0. The molecule has 2 aliphatic rings. The third kappa shape index (κ3) is 1.14. The number of fused-ring (bicyclic) bond motifs is 2. The fraction of sp³-hybridized carbons (Fsp3) is 0.462. The van der Waals surface area contributed by atoms with Gasteiger partial charge in [-0.25, -0.2) is 0 Å². The normalized spacial score (nSPS) is 21.7. The van der Waals surface area contributed by atoms with E-state index in [0.717, 1.165) is 12.1 Å².